The van der Waals surface area contributed by atoms with Gasteiger partial charge in [-0.25, -0.2) is 0 Å². The van der Waals surface area contributed by atoms with Gasteiger partial charge in [-0.2, -0.15) is 0 Å². The second-order valence-electron chi connectivity index (χ2n) is 5.49. The third-order valence-corrected chi connectivity index (χ3v) is 5.21. The third-order valence-electron chi connectivity index (χ3n) is 3.86. The minimum absolute atomic E-state index is 0.239. The number of nitrogens with zero attached hydrogens (tertiary/aromatic N) is 1. The highest BCUT2D eigenvalue weighted by Gasteiger charge is 2.39. The average molecular weight is 360 g/mol. The van der Waals surface area contributed by atoms with Crippen molar-refractivity contribution in [1.29, 1.82) is 0 Å². The molecule has 0 aliphatic carbocycles. The zero-order valence-electron chi connectivity index (χ0n) is 13.5. The monoisotopic (exact) mass is 360 g/mol. The number of thioether (sulfide) groups is 1. The molecule has 0 bridgehead atoms. The molecule has 1 aliphatic heterocycles. The summed E-state index contributed by atoms with van der Waals surface area (Å²) in [6, 6.07) is 8.64. The van der Waals surface area contributed by atoms with Crippen molar-refractivity contribution in [2.24, 2.45) is 5.92 Å². The summed E-state index contributed by atoms with van der Waals surface area (Å²) in [5.41, 5.74) is 1.01. The van der Waals surface area contributed by atoms with Crippen molar-refractivity contribution in [3.63, 3.8) is 0 Å². The number of carboxylic acid groups (broad SMARTS) is 1. The summed E-state index contributed by atoms with van der Waals surface area (Å²) in [5.74, 6) is -1.89. The minimum atomic E-state index is -1.28. The van der Waals surface area contributed by atoms with Crippen LogP contribution in [0.25, 0.3) is 6.08 Å². The summed E-state index contributed by atoms with van der Waals surface area (Å²) < 4.78 is 0.258. The number of hydrogen-bond donors (Lipinski definition) is 0. The quantitative estimate of drug-likeness (QED) is 0.576. The number of aliphatic carboxylic acids is 1. The van der Waals surface area contributed by atoms with Gasteiger partial charge in [-0.05, 0) is 17.6 Å². The summed E-state index contributed by atoms with van der Waals surface area (Å²) >= 11 is 6.33. The first kappa shape index (κ1) is 18.4. The topological polar surface area (TPSA) is 60.4 Å². The molecule has 4 nitrogen and oxygen atoms in total. The van der Waals surface area contributed by atoms with Crippen LogP contribution in [0.4, 0.5) is 0 Å². The summed E-state index contributed by atoms with van der Waals surface area (Å²) in [6.45, 7) is 3.65. The Bertz CT molecular complexity index is 697. The third kappa shape index (κ3) is 4.13. The predicted octanol–water partition coefficient (Wildman–Crippen LogP) is 2.61. The summed E-state index contributed by atoms with van der Waals surface area (Å²) in [5, 5.41) is 11.5. The minimum Gasteiger partial charge on any atom is -0.548 e. The van der Waals surface area contributed by atoms with Gasteiger partial charge in [0.25, 0.3) is 5.91 Å². The van der Waals surface area contributed by atoms with Crippen molar-refractivity contribution in [2.45, 2.75) is 26.3 Å². The van der Waals surface area contributed by atoms with Gasteiger partial charge >= 0.3 is 0 Å². The molecule has 126 valence electrons. The van der Waals surface area contributed by atoms with Gasteiger partial charge in [-0.1, -0.05) is 86.7 Å². The van der Waals surface area contributed by atoms with Gasteiger partial charge in [0.1, 0.15) is 4.32 Å². The Morgan fingerprint density at radius 2 is 2.04 bits per heavy atom. The number of benzene rings is 1. The van der Waals surface area contributed by atoms with Crippen LogP contribution in [-0.2, 0) is 9.59 Å². The number of rotatable bonds is 6. The van der Waals surface area contributed by atoms with Crippen LogP contribution in [0, 0.1) is 5.92 Å². The van der Waals surface area contributed by atoms with E-state index in [0.717, 1.165) is 17.3 Å². The Kier molecular flexibility index (Phi) is 6.34. The zero-order valence-corrected chi connectivity index (χ0v) is 15.1. The lowest BCUT2D eigenvalue weighted by atomic mass is 9.98. The lowest BCUT2D eigenvalue weighted by molar-refractivity contribution is -0.311. The average Bonchev–Trinajstić information content (AvgIpc) is 2.83. The van der Waals surface area contributed by atoms with E-state index in [4.69, 9.17) is 12.2 Å². The highest BCUT2D eigenvalue weighted by molar-refractivity contribution is 8.26. The van der Waals surface area contributed by atoms with E-state index < -0.39 is 12.0 Å². The Labute approximate surface area is 151 Å². The van der Waals surface area contributed by atoms with Gasteiger partial charge < -0.3 is 9.90 Å². The number of thiocarbonyl (C=S) groups is 1. The number of hydrogen-bond acceptors (Lipinski definition) is 5. The van der Waals surface area contributed by atoms with Crippen LogP contribution < -0.4 is 5.11 Å². The molecule has 0 aromatic heterocycles. The molecular weight excluding hydrogens is 342 g/mol. The number of carboxylic acids is 1. The van der Waals surface area contributed by atoms with E-state index in [1.807, 2.05) is 43.3 Å². The fourth-order valence-corrected chi connectivity index (χ4v) is 3.64. The fraction of sp³-hybridized carbons (Fsp3) is 0.278. The van der Waals surface area contributed by atoms with E-state index in [1.54, 1.807) is 19.1 Å². The summed E-state index contributed by atoms with van der Waals surface area (Å²) in [7, 11) is 0. The van der Waals surface area contributed by atoms with Gasteiger partial charge in [0, 0.05) is 0 Å². The summed E-state index contributed by atoms with van der Waals surface area (Å²) in [6.07, 6.45) is 5.91. The molecule has 24 heavy (non-hydrogen) atoms. The van der Waals surface area contributed by atoms with E-state index in [0.29, 0.717) is 11.3 Å². The lowest BCUT2D eigenvalue weighted by Crippen LogP contribution is -2.53. The molecule has 0 N–H and O–H groups in total. The Balaban J connectivity index is 2.20. The number of amides is 1. The second-order valence-corrected chi connectivity index (χ2v) is 7.17. The number of carbonyl (C=O) groups excluding carboxylic acids is 2. The van der Waals surface area contributed by atoms with Crippen LogP contribution in [-0.4, -0.2) is 27.1 Å². The smallest absolute Gasteiger partial charge is 0.266 e. The van der Waals surface area contributed by atoms with E-state index in [1.165, 1.54) is 4.90 Å². The highest BCUT2D eigenvalue weighted by Crippen LogP contribution is 2.34. The van der Waals surface area contributed by atoms with Crippen molar-refractivity contribution in [3.8, 4) is 0 Å². The molecule has 2 atom stereocenters. The first-order valence-corrected chi connectivity index (χ1v) is 8.87. The molecular formula is C18H18NO3S2-. The molecule has 0 saturated carbocycles. The van der Waals surface area contributed by atoms with E-state index >= 15 is 0 Å². The molecule has 1 fully saturated rings. The van der Waals surface area contributed by atoms with Gasteiger partial charge in [-0.3, -0.25) is 9.69 Å². The fourth-order valence-electron chi connectivity index (χ4n) is 2.36. The van der Waals surface area contributed by atoms with Crippen LogP contribution >= 0.6 is 24.0 Å². The normalized spacial score (nSPS) is 19.2. The molecule has 1 aromatic carbocycles. The van der Waals surface area contributed by atoms with Crippen LogP contribution in [0.15, 0.2) is 47.4 Å². The van der Waals surface area contributed by atoms with Gasteiger partial charge in [0.05, 0.1) is 16.9 Å². The molecule has 1 saturated heterocycles. The summed E-state index contributed by atoms with van der Waals surface area (Å²) in [4.78, 5) is 25.6. The number of allylic oxidation sites excluding steroid dienone is 2. The highest BCUT2D eigenvalue weighted by atomic mass is 32.2. The largest absolute Gasteiger partial charge is 0.548 e. The Morgan fingerprint density at radius 1 is 1.38 bits per heavy atom. The molecule has 1 aliphatic rings. The van der Waals surface area contributed by atoms with E-state index in [2.05, 4.69) is 0 Å². The van der Waals surface area contributed by atoms with Gasteiger partial charge in [0.15, 0.2) is 0 Å². The Hall–Kier alpha value is -1.92. The molecule has 0 spiro atoms. The van der Waals surface area contributed by atoms with E-state index in [-0.39, 0.29) is 16.1 Å². The molecule has 6 heteroatoms. The molecule has 1 aromatic rings. The molecule has 0 unspecified atom stereocenters. The standard InChI is InChI=1S/C18H19NO3S2/c1-3-12(2)15(17(21)22)19-16(20)14(24-18(19)23)11-7-10-13-8-5-4-6-9-13/h4-12,15H,3H2,1-2H3,(H,21,22)/p-1/b10-7+,14-11-/t12-,15-/m1/s1. The molecule has 1 heterocycles. The van der Waals surface area contributed by atoms with Gasteiger partial charge in [0.2, 0.25) is 0 Å². The number of carbonyl (C=O) groups is 2. The van der Waals surface area contributed by atoms with Crippen molar-refractivity contribution < 1.29 is 14.7 Å². The molecule has 0 radical (unpaired) electrons. The maximum atomic E-state index is 12.5. The predicted molar refractivity (Wildman–Crippen MR) is 98.8 cm³/mol. The first-order valence-electron chi connectivity index (χ1n) is 7.65. The zero-order chi connectivity index (χ0) is 17.7. The van der Waals surface area contributed by atoms with Crippen molar-refractivity contribution in [2.75, 3.05) is 0 Å². The maximum absolute atomic E-state index is 12.5. The second kappa shape index (κ2) is 8.26. The van der Waals surface area contributed by atoms with Crippen LogP contribution in [0.1, 0.15) is 25.8 Å². The van der Waals surface area contributed by atoms with Crippen molar-refractivity contribution in [3.05, 3.63) is 53.0 Å². The van der Waals surface area contributed by atoms with Crippen LogP contribution in [0.5, 0.6) is 0 Å². The Morgan fingerprint density at radius 3 is 2.62 bits per heavy atom. The van der Waals surface area contributed by atoms with Crippen molar-refractivity contribution >= 4 is 46.3 Å². The maximum Gasteiger partial charge on any atom is 0.266 e. The van der Waals surface area contributed by atoms with Gasteiger partial charge in [-0.15, -0.1) is 0 Å². The SMILES string of the molecule is CC[C@@H](C)[C@H](C(=O)[O-])N1C(=O)/C(=C/C=C/c2ccccc2)SC1=S. The first-order chi connectivity index (χ1) is 11.5. The van der Waals surface area contributed by atoms with Crippen molar-refractivity contribution in [1.82, 2.24) is 4.90 Å². The van der Waals surface area contributed by atoms with E-state index in [9.17, 15) is 14.7 Å². The van der Waals surface area contributed by atoms with Crippen LogP contribution in [0.2, 0.25) is 0 Å². The van der Waals surface area contributed by atoms with Crippen LogP contribution in [0.3, 0.4) is 0 Å². The lowest BCUT2D eigenvalue weighted by Gasteiger charge is -2.32. The molecule has 1 amide bonds. The molecule has 2 rings (SSSR count).